The second-order valence-corrected chi connectivity index (χ2v) is 6.16. The molecule has 24 heavy (non-hydrogen) atoms. The van der Waals surface area contributed by atoms with Crippen molar-refractivity contribution in [2.45, 2.75) is 12.8 Å². The molecular weight excluding hydrogens is 330 g/mol. The van der Waals surface area contributed by atoms with E-state index in [-0.39, 0.29) is 35.9 Å². The number of hydrogen-bond acceptors (Lipinski definition) is 4. The second kappa shape index (κ2) is 8.35. The summed E-state index contributed by atoms with van der Waals surface area (Å²) < 4.78 is 0. The molecule has 2 aliphatic rings. The number of carbonyl (C=O) groups excluding carboxylic acids is 2. The fourth-order valence-corrected chi connectivity index (χ4v) is 3.28. The van der Waals surface area contributed by atoms with E-state index in [4.69, 9.17) is 0 Å². The number of phenols is 1. The lowest BCUT2D eigenvalue weighted by Crippen LogP contribution is -2.52. The molecule has 2 N–H and O–H groups in total. The van der Waals surface area contributed by atoms with Gasteiger partial charge in [0, 0.05) is 32.1 Å². The van der Waals surface area contributed by atoms with E-state index in [1.54, 1.807) is 23.1 Å². The molecule has 132 valence electrons. The molecule has 6 nitrogen and oxygen atoms in total. The Morgan fingerprint density at radius 3 is 2.21 bits per heavy atom. The van der Waals surface area contributed by atoms with Crippen LogP contribution in [0.15, 0.2) is 24.3 Å². The fourth-order valence-electron chi connectivity index (χ4n) is 3.28. The van der Waals surface area contributed by atoms with Gasteiger partial charge in [-0.2, -0.15) is 0 Å². The number of piperidine rings is 1. The quantitative estimate of drug-likeness (QED) is 0.835. The fraction of sp³-hybridized carbons (Fsp3) is 0.529. The molecule has 1 aromatic rings. The molecule has 0 saturated carbocycles. The van der Waals surface area contributed by atoms with Crippen LogP contribution in [0.25, 0.3) is 0 Å². The van der Waals surface area contributed by atoms with Gasteiger partial charge in [0.2, 0.25) is 5.91 Å². The van der Waals surface area contributed by atoms with E-state index in [1.165, 1.54) is 6.07 Å². The number of para-hydroxylation sites is 1. The molecule has 0 radical (unpaired) electrons. The van der Waals surface area contributed by atoms with Crippen molar-refractivity contribution < 1.29 is 14.7 Å². The molecule has 0 unspecified atom stereocenters. The van der Waals surface area contributed by atoms with E-state index in [9.17, 15) is 14.7 Å². The zero-order valence-electron chi connectivity index (χ0n) is 13.6. The molecule has 0 aromatic heterocycles. The van der Waals surface area contributed by atoms with Crippen LogP contribution in [0.5, 0.6) is 5.75 Å². The first-order valence-corrected chi connectivity index (χ1v) is 8.23. The maximum atomic E-state index is 12.5. The lowest BCUT2D eigenvalue weighted by molar-refractivity contribution is -0.137. The molecule has 2 fully saturated rings. The molecule has 3 rings (SSSR count). The molecular formula is C17H24ClN3O3. The summed E-state index contributed by atoms with van der Waals surface area (Å²) >= 11 is 0. The number of carbonyl (C=O) groups is 2. The summed E-state index contributed by atoms with van der Waals surface area (Å²) in [6.07, 6.45) is 1.80. The SMILES string of the molecule is Cl.O=C(c1ccccc1O)N1CCN(C(=O)C2CCNCC2)CC1. The van der Waals surface area contributed by atoms with Crippen molar-refractivity contribution in [2.75, 3.05) is 39.3 Å². The van der Waals surface area contributed by atoms with Crippen LogP contribution < -0.4 is 5.32 Å². The maximum Gasteiger partial charge on any atom is 0.257 e. The highest BCUT2D eigenvalue weighted by Crippen LogP contribution is 2.20. The molecule has 0 atom stereocenters. The third-order valence-electron chi connectivity index (χ3n) is 4.70. The van der Waals surface area contributed by atoms with Crippen LogP contribution >= 0.6 is 12.4 Å². The van der Waals surface area contributed by atoms with Crippen LogP contribution in [-0.4, -0.2) is 66.0 Å². The number of hydrogen-bond donors (Lipinski definition) is 2. The number of nitrogens with zero attached hydrogens (tertiary/aromatic N) is 2. The number of halogens is 1. The van der Waals surface area contributed by atoms with Crippen molar-refractivity contribution in [1.29, 1.82) is 0 Å². The monoisotopic (exact) mass is 353 g/mol. The highest BCUT2D eigenvalue weighted by Gasteiger charge is 2.30. The average Bonchev–Trinajstić information content (AvgIpc) is 2.62. The van der Waals surface area contributed by atoms with Gasteiger partial charge in [-0.1, -0.05) is 12.1 Å². The second-order valence-electron chi connectivity index (χ2n) is 6.16. The topological polar surface area (TPSA) is 72.9 Å². The average molecular weight is 354 g/mol. The van der Waals surface area contributed by atoms with Crippen LogP contribution in [-0.2, 0) is 4.79 Å². The van der Waals surface area contributed by atoms with Gasteiger partial charge in [-0.25, -0.2) is 0 Å². The van der Waals surface area contributed by atoms with Gasteiger partial charge in [-0.15, -0.1) is 12.4 Å². The zero-order valence-corrected chi connectivity index (χ0v) is 14.4. The molecule has 2 saturated heterocycles. The minimum atomic E-state index is -0.169. The predicted molar refractivity (Wildman–Crippen MR) is 93.4 cm³/mol. The molecule has 0 bridgehead atoms. The van der Waals surface area contributed by atoms with E-state index < -0.39 is 0 Å². The molecule has 2 heterocycles. The predicted octanol–water partition coefficient (Wildman–Crippen LogP) is 1.10. The Kier molecular flexibility index (Phi) is 6.45. The van der Waals surface area contributed by atoms with Crippen LogP contribution in [0.3, 0.4) is 0 Å². The maximum absolute atomic E-state index is 12.5. The smallest absolute Gasteiger partial charge is 0.257 e. The highest BCUT2D eigenvalue weighted by atomic mass is 35.5. The van der Waals surface area contributed by atoms with E-state index in [1.807, 2.05) is 4.90 Å². The number of aromatic hydroxyl groups is 1. The summed E-state index contributed by atoms with van der Waals surface area (Å²) in [7, 11) is 0. The first-order valence-electron chi connectivity index (χ1n) is 8.23. The third kappa shape index (κ3) is 3.99. The Morgan fingerprint density at radius 2 is 1.58 bits per heavy atom. The first kappa shape index (κ1) is 18.5. The van der Waals surface area contributed by atoms with E-state index in [0.717, 1.165) is 25.9 Å². The van der Waals surface area contributed by atoms with Gasteiger partial charge in [-0.3, -0.25) is 9.59 Å². The van der Waals surface area contributed by atoms with Crippen LogP contribution in [0.2, 0.25) is 0 Å². The van der Waals surface area contributed by atoms with Crippen molar-refractivity contribution >= 4 is 24.2 Å². The van der Waals surface area contributed by atoms with E-state index in [2.05, 4.69) is 5.32 Å². The summed E-state index contributed by atoms with van der Waals surface area (Å²) in [4.78, 5) is 28.6. The number of benzene rings is 1. The lowest BCUT2D eigenvalue weighted by atomic mass is 9.96. The number of amides is 2. The van der Waals surface area contributed by atoms with Crippen molar-refractivity contribution in [2.24, 2.45) is 5.92 Å². The minimum absolute atomic E-state index is 0. The summed E-state index contributed by atoms with van der Waals surface area (Å²) in [5, 5.41) is 13.1. The van der Waals surface area contributed by atoms with Gasteiger partial charge in [0.05, 0.1) is 5.56 Å². The largest absolute Gasteiger partial charge is 0.507 e. The van der Waals surface area contributed by atoms with Gasteiger partial charge >= 0.3 is 0 Å². The van der Waals surface area contributed by atoms with Crippen LogP contribution in [0, 0.1) is 5.92 Å². The van der Waals surface area contributed by atoms with Crippen molar-refractivity contribution in [3.8, 4) is 5.75 Å². The minimum Gasteiger partial charge on any atom is -0.507 e. The lowest BCUT2D eigenvalue weighted by Gasteiger charge is -2.37. The number of rotatable bonds is 2. The van der Waals surface area contributed by atoms with Gasteiger partial charge < -0.3 is 20.2 Å². The van der Waals surface area contributed by atoms with Crippen LogP contribution in [0.1, 0.15) is 23.2 Å². The number of nitrogens with one attached hydrogen (secondary N) is 1. The normalized spacial score (nSPS) is 18.8. The molecule has 2 aliphatic heterocycles. The van der Waals surface area contributed by atoms with E-state index in [0.29, 0.717) is 31.7 Å². The van der Waals surface area contributed by atoms with Crippen molar-refractivity contribution in [3.05, 3.63) is 29.8 Å². The zero-order chi connectivity index (χ0) is 16.2. The standard InChI is InChI=1S/C17H23N3O3.ClH/c21-15-4-2-1-3-14(15)17(23)20-11-9-19(10-12-20)16(22)13-5-7-18-8-6-13;/h1-4,13,18,21H,5-12H2;1H. The molecule has 0 aliphatic carbocycles. The van der Waals surface area contributed by atoms with Crippen molar-refractivity contribution in [3.63, 3.8) is 0 Å². The number of piperazine rings is 1. The highest BCUT2D eigenvalue weighted by molar-refractivity contribution is 5.97. The van der Waals surface area contributed by atoms with Crippen molar-refractivity contribution in [1.82, 2.24) is 15.1 Å². The molecule has 0 spiro atoms. The Hall–Kier alpha value is -1.79. The molecule has 2 amide bonds. The molecule has 1 aromatic carbocycles. The Labute approximate surface area is 148 Å². The third-order valence-corrected chi connectivity index (χ3v) is 4.70. The summed E-state index contributed by atoms with van der Waals surface area (Å²) in [6, 6.07) is 6.58. The summed E-state index contributed by atoms with van der Waals surface area (Å²) in [5.41, 5.74) is 0.325. The van der Waals surface area contributed by atoms with Gasteiger partial charge in [-0.05, 0) is 38.1 Å². The summed E-state index contributed by atoms with van der Waals surface area (Å²) in [6.45, 7) is 3.99. The first-order chi connectivity index (χ1) is 11.2. The van der Waals surface area contributed by atoms with E-state index >= 15 is 0 Å². The van der Waals surface area contributed by atoms with Gasteiger partial charge in [0.1, 0.15) is 5.75 Å². The summed E-state index contributed by atoms with van der Waals surface area (Å²) in [5.74, 6) is 0.181. The Balaban J connectivity index is 0.00000208. The Bertz CT molecular complexity index is 582. The Morgan fingerprint density at radius 1 is 1.00 bits per heavy atom. The van der Waals surface area contributed by atoms with Gasteiger partial charge in [0.25, 0.3) is 5.91 Å². The number of phenolic OH excluding ortho intramolecular Hbond substituents is 1. The molecule has 7 heteroatoms. The van der Waals surface area contributed by atoms with Gasteiger partial charge in [0.15, 0.2) is 0 Å². The van der Waals surface area contributed by atoms with Crippen LogP contribution in [0.4, 0.5) is 0 Å².